The summed E-state index contributed by atoms with van der Waals surface area (Å²) >= 11 is 1.10. The standard InChI is InChI=1S/C18H13F3N2OS/c1-11-9-17(24-13-7-5-12(19)6-8-13)23-18(22-11)25-10-14-15(20)3-2-4-16(14)21/h2-9H,10H2,1H3. The topological polar surface area (TPSA) is 35.0 Å². The zero-order valence-corrected chi connectivity index (χ0v) is 14.0. The molecule has 128 valence electrons. The smallest absolute Gasteiger partial charge is 0.223 e. The van der Waals surface area contributed by atoms with Crippen molar-refractivity contribution in [2.75, 3.05) is 0 Å². The van der Waals surface area contributed by atoms with Gasteiger partial charge in [0.05, 0.1) is 0 Å². The van der Waals surface area contributed by atoms with Gasteiger partial charge in [-0.2, -0.15) is 4.98 Å². The third kappa shape index (κ3) is 4.51. The van der Waals surface area contributed by atoms with Gasteiger partial charge in [-0.3, -0.25) is 0 Å². The molecule has 3 nitrogen and oxygen atoms in total. The zero-order chi connectivity index (χ0) is 17.8. The van der Waals surface area contributed by atoms with Gasteiger partial charge >= 0.3 is 0 Å². The van der Waals surface area contributed by atoms with Gasteiger partial charge in [0.25, 0.3) is 0 Å². The molecule has 25 heavy (non-hydrogen) atoms. The van der Waals surface area contributed by atoms with Crippen LogP contribution >= 0.6 is 11.8 Å². The maximum atomic E-state index is 13.7. The zero-order valence-electron chi connectivity index (χ0n) is 13.2. The monoisotopic (exact) mass is 362 g/mol. The SMILES string of the molecule is Cc1cc(Oc2ccc(F)cc2)nc(SCc2c(F)cccc2F)n1. The lowest BCUT2D eigenvalue weighted by Gasteiger charge is -2.08. The van der Waals surface area contributed by atoms with Crippen LogP contribution in [0.4, 0.5) is 13.2 Å². The first-order chi connectivity index (χ1) is 12.0. The van der Waals surface area contributed by atoms with E-state index in [0.29, 0.717) is 16.6 Å². The molecule has 0 fully saturated rings. The molecule has 0 aliphatic heterocycles. The van der Waals surface area contributed by atoms with E-state index in [1.165, 1.54) is 42.5 Å². The Hall–Kier alpha value is -2.54. The summed E-state index contributed by atoms with van der Waals surface area (Å²) in [6, 6.07) is 10.9. The number of ether oxygens (including phenoxy) is 1. The summed E-state index contributed by atoms with van der Waals surface area (Å²) in [4.78, 5) is 8.45. The van der Waals surface area contributed by atoms with Crippen LogP contribution in [0.3, 0.4) is 0 Å². The van der Waals surface area contributed by atoms with Gasteiger partial charge in [-0.1, -0.05) is 17.8 Å². The molecule has 0 saturated carbocycles. The van der Waals surface area contributed by atoms with Crippen molar-refractivity contribution >= 4 is 11.8 Å². The average molecular weight is 362 g/mol. The summed E-state index contributed by atoms with van der Waals surface area (Å²) < 4.78 is 45.9. The predicted octanol–water partition coefficient (Wildman–Crippen LogP) is 5.29. The molecule has 0 radical (unpaired) electrons. The van der Waals surface area contributed by atoms with Crippen LogP contribution < -0.4 is 4.74 Å². The second-order valence-corrected chi connectivity index (χ2v) is 6.12. The Bertz CT molecular complexity index is 868. The van der Waals surface area contributed by atoms with Crippen LogP contribution in [0.2, 0.25) is 0 Å². The Labute approximate surface area is 146 Å². The second kappa shape index (κ2) is 7.57. The van der Waals surface area contributed by atoms with Crippen molar-refractivity contribution in [1.82, 2.24) is 9.97 Å². The number of hydrogen-bond donors (Lipinski definition) is 0. The van der Waals surface area contributed by atoms with Crippen molar-refractivity contribution in [2.24, 2.45) is 0 Å². The van der Waals surface area contributed by atoms with Crippen LogP contribution in [-0.2, 0) is 5.75 Å². The Morgan fingerprint density at radius 1 is 0.960 bits per heavy atom. The third-order valence-corrected chi connectivity index (χ3v) is 4.13. The van der Waals surface area contributed by atoms with Gasteiger partial charge in [-0.15, -0.1) is 0 Å². The number of nitrogens with zero attached hydrogens (tertiary/aromatic N) is 2. The highest BCUT2D eigenvalue weighted by atomic mass is 32.2. The molecule has 1 heterocycles. The molecule has 0 bridgehead atoms. The maximum Gasteiger partial charge on any atom is 0.223 e. The van der Waals surface area contributed by atoms with Gasteiger partial charge in [-0.05, 0) is 43.3 Å². The van der Waals surface area contributed by atoms with Crippen LogP contribution in [0.15, 0.2) is 53.7 Å². The Morgan fingerprint density at radius 3 is 2.32 bits per heavy atom. The molecule has 0 N–H and O–H groups in total. The van der Waals surface area contributed by atoms with E-state index in [2.05, 4.69) is 9.97 Å². The van der Waals surface area contributed by atoms with Crippen molar-refractivity contribution in [3.8, 4) is 11.6 Å². The van der Waals surface area contributed by atoms with Crippen LogP contribution in [0.25, 0.3) is 0 Å². The Balaban J connectivity index is 1.76. The number of benzene rings is 2. The fraction of sp³-hybridized carbons (Fsp3) is 0.111. The van der Waals surface area contributed by atoms with Crippen LogP contribution in [0.1, 0.15) is 11.3 Å². The Morgan fingerprint density at radius 2 is 1.64 bits per heavy atom. The quantitative estimate of drug-likeness (QED) is 0.456. The summed E-state index contributed by atoms with van der Waals surface area (Å²) in [5.74, 6) is -0.829. The lowest BCUT2D eigenvalue weighted by Crippen LogP contribution is -1.97. The molecular formula is C18H13F3N2OS. The van der Waals surface area contributed by atoms with Crippen molar-refractivity contribution in [3.63, 3.8) is 0 Å². The molecule has 0 saturated heterocycles. The molecule has 2 aromatic carbocycles. The minimum atomic E-state index is -0.608. The van der Waals surface area contributed by atoms with Crippen molar-refractivity contribution < 1.29 is 17.9 Å². The van der Waals surface area contributed by atoms with E-state index in [1.807, 2.05) is 0 Å². The lowest BCUT2D eigenvalue weighted by molar-refractivity contribution is 0.453. The highest BCUT2D eigenvalue weighted by Gasteiger charge is 2.11. The van der Waals surface area contributed by atoms with Gasteiger partial charge in [0.15, 0.2) is 5.16 Å². The van der Waals surface area contributed by atoms with Crippen LogP contribution in [-0.4, -0.2) is 9.97 Å². The van der Waals surface area contributed by atoms with E-state index in [-0.39, 0.29) is 23.0 Å². The summed E-state index contributed by atoms with van der Waals surface area (Å²) in [6.07, 6.45) is 0. The normalized spacial score (nSPS) is 10.7. The minimum absolute atomic E-state index is 0.0291. The molecule has 0 amide bonds. The van der Waals surface area contributed by atoms with Gasteiger partial charge in [0.1, 0.15) is 23.2 Å². The molecule has 0 spiro atoms. The number of hydrogen-bond acceptors (Lipinski definition) is 4. The van der Waals surface area contributed by atoms with E-state index in [9.17, 15) is 13.2 Å². The van der Waals surface area contributed by atoms with Gasteiger partial charge in [0, 0.05) is 23.1 Å². The fourth-order valence-electron chi connectivity index (χ4n) is 2.06. The molecule has 7 heteroatoms. The molecular weight excluding hydrogens is 349 g/mol. The number of thioether (sulfide) groups is 1. The number of aryl methyl sites for hydroxylation is 1. The summed E-state index contributed by atoms with van der Waals surface area (Å²) in [5.41, 5.74) is 0.613. The van der Waals surface area contributed by atoms with Crippen LogP contribution in [0, 0.1) is 24.4 Å². The Kier molecular flexibility index (Phi) is 5.23. The molecule has 0 aliphatic carbocycles. The maximum absolute atomic E-state index is 13.7. The van der Waals surface area contributed by atoms with Gasteiger partial charge in [-0.25, -0.2) is 18.2 Å². The van der Waals surface area contributed by atoms with E-state index >= 15 is 0 Å². The van der Waals surface area contributed by atoms with Gasteiger partial charge < -0.3 is 4.74 Å². The fourth-order valence-corrected chi connectivity index (χ4v) is 2.97. The first-order valence-electron chi connectivity index (χ1n) is 7.36. The first kappa shape index (κ1) is 17.3. The molecule has 0 unspecified atom stereocenters. The molecule has 3 aromatic rings. The molecule has 1 aromatic heterocycles. The first-order valence-corrected chi connectivity index (χ1v) is 8.34. The van der Waals surface area contributed by atoms with E-state index in [4.69, 9.17) is 4.74 Å². The van der Waals surface area contributed by atoms with Gasteiger partial charge in [0.2, 0.25) is 5.88 Å². The summed E-state index contributed by atoms with van der Waals surface area (Å²) in [7, 11) is 0. The number of rotatable bonds is 5. The third-order valence-electron chi connectivity index (χ3n) is 3.25. The van der Waals surface area contributed by atoms with E-state index < -0.39 is 11.6 Å². The molecule has 0 atom stereocenters. The number of halogens is 3. The molecule has 3 rings (SSSR count). The minimum Gasteiger partial charge on any atom is -0.439 e. The highest BCUT2D eigenvalue weighted by molar-refractivity contribution is 7.98. The molecule has 0 aliphatic rings. The summed E-state index contributed by atoms with van der Waals surface area (Å²) in [5, 5.41) is 0.333. The average Bonchev–Trinajstić information content (AvgIpc) is 2.56. The number of aromatic nitrogens is 2. The second-order valence-electron chi connectivity index (χ2n) is 5.18. The largest absolute Gasteiger partial charge is 0.439 e. The van der Waals surface area contributed by atoms with Crippen molar-refractivity contribution in [1.29, 1.82) is 0 Å². The highest BCUT2D eigenvalue weighted by Crippen LogP contribution is 2.26. The lowest BCUT2D eigenvalue weighted by atomic mass is 10.2. The van der Waals surface area contributed by atoms with Crippen molar-refractivity contribution in [3.05, 3.63) is 77.2 Å². The van der Waals surface area contributed by atoms with Crippen LogP contribution in [0.5, 0.6) is 11.6 Å². The summed E-state index contributed by atoms with van der Waals surface area (Å²) in [6.45, 7) is 1.76. The van der Waals surface area contributed by atoms with E-state index in [1.54, 1.807) is 13.0 Å². The van der Waals surface area contributed by atoms with Crippen molar-refractivity contribution in [2.45, 2.75) is 17.8 Å². The predicted molar refractivity (Wildman–Crippen MR) is 89.2 cm³/mol. The van der Waals surface area contributed by atoms with E-state index in [0.717, 1.165) is 11.8 Å².